The number of hydrogen-bond acceptors (Lipinski definition) is 4. The molecule has 0 aliphatic carbocycles. The Balaban J connectivity index is 5.10. The van der Waals surface area contributed by atoms with Crippen LogP contribution in [-0.2, 0) is 21.1 Å². The minimum atomic E-state index is -4.93. The van der Waals surface area contributed by atoms with Crippen LogP contribution in [0, 0.1) is 17.8 Å². The third-order valence-electron chi connectivity index (χ3n) is 2.69. The van der Waals surface area contributed by atoms with E-state index in [0.29, 0.717) is 17.8 Å². The summed E-state index contributed by atoms with van der Waals surface area (Å²) in [5.74, 6) is 1.33. The Kier molecular flexibility index (Phi) is 7.85. The molecule has 0 saturated carbocycles. The molecule has 18 heavy (non-hydrogen) atoms. The van der Waals surface area contributed by atoms with Gasteiger partial charge in [-0.2, -0.15) is 0 Å². The molecule has 0 aromatic heterocycles. The second kappa shape index (κ2) is 7.53. The van der Waals surface area contributed by atoms with E-state index in [1.807, 2.05) is 0 Å². The van der Waals surface area contributed by atoms with Gasteiger partial charge in [-0.3, -0.25) is 0 Å². The fourth-order valence-electron chi connectivity index (χ4n) is 2.90. The maximum absolute atomic E-state index is 9.40. The van der Waals surface area contributed by atoms with Crippen molar-refractivity contribution in [3.8, 4) is 0 Å². The Hall–Kier alpha value is 0.771. The Morgan fingerprint density at radius 1 is 0.778 bits per heavy atom. The molecule has 0 aromatic rings. The summed E-state index contributed by atoms with van der Waals surface area (Å²) in [7, 11) is -2.29. The molecule has 0 heterocycles. The average molecular weight is 314 g/mol. The Morgan fingerprint density at radius 3 is 1.22 bits per heavy atom. The predicted molar refractivity (Wildman–Crippen MR) is 72.4 cm³/mol. The van der Waals surface area contributed by atoms with E-state index >= 15 is 0 Å². The van der Waals surface area contributed by atoms with Crippen molar-refractivity contribution in [3.63, 3.8) is 0 Å². The average Bonchev–Trinajstić information content (AvgIpc) is 1.92. The van der Waals surface area contributed by atoms with Gasteiger partial charge in [-0.1, -0.05) is 0 Å². The molecule has 0 amide bonds. The van der Waals surface area contributed by atoms with Crippen molar-refractivity contribution in [1.82, 2.24) is 0 Å². The number of hydrogen-bond donors (Lipinski definition) is 3. The minimum absolute atomic E-state index is 0.443. The quantitative estimate of drug-likeness (QED) is 0.603. The van der Waals surface area contributed by atoms with E-state index in [1.54, 1.807) is 0 Å². The monoisotopic (exact) mass is 314 g/mol. The van der Waals surface area contributed by atoms with E-state index in [-0.39, 0.29) is 0 Å². The summed E-state index contributed by atoms with van der Waals surface area (Å²) in [5, 5.41) is 0. The normalized spacial score (nSPS) is 14.0. The molecule has 0 unspecified atom stereocenters. The van der Waals surface area contributed by atoms with Crippen molar-refractivity contribution in [1.29, 1.82) is 0 Å². The second-order valence-corrected chi connectivity index (χ2v) is 13.2. The van der Waals surface area contributed by atoms with Gasteiger partial charge in [0.15, 0.2) is 0 Å². The molecule has 0 radical (unpaired) electrons. The van der Waals surface area contributed by atoms with E-state index < -0.39 is 26.5 Å². The Bertz CT molecular complexity index is 212. The molecular weight excluding hydrogens is 284 g/mol. The summed E-state index contributed by atoms with van der Waals surface area (Å²) in [5.41, 5.74) is 0. The summed E-state index contributed by atoms with van der Waals surface area (Å²) < 4.78 is 33.8. The molecule has 3 N–H and O–H groups in total. The van der Waals surface area contributed by atoms with Crippen LogP contribution in [0.1, 0.15) is 41.5 Å². The van der Waals surface area contributed by atoms with Gasteiger partial charge in [0.1, 0.15) is 0 Å². The third kappa shape index (κ3) is 8.80. The van der Waals surface area contributed by atoms with Gasteiger partial charge < -0.3 is 0 Å². The topological polar surface area (TPSA) is 69.9 Å². The zero-order chi connectivity index (χ0) is 14.6. The van der Waals surface area contributed by atoms with Gasteiger partial charge in [-0.15, -0.1) is 0 Å². The summed E-state index contributed by atoms with van der Waals surface area (Å²) in [6.07, 6.45) is 0. The van der Waals surface area contributed by atoms with Crippen LogP contribution >= 0.6 is 0 Å². The summed E-state index contributed by atoms with van der Waals surface area (Å²) in [6.45, 7) is 12.7. The zero-order valence-corrected chi connectivity index (χ0v) is 15.2. The molecule has 6 heteroatoms. The van der Waals surface area contributed by atoms with E-state index in [2.05, 4.69) is 41.5 Å². The van der Waals surface area contributed by atoms with Crippen LogP contribution in [0.2, 0.25) is 18.1 Å². The molecule has 0 aliphatic rings. The van der Waals surface area contributed by atoms with Crippen molar-refractivity contribution >= 4 is 8.32 Å². The molecule has 4 nitrogen and oxygen atoms in total. The van der Waals surface area contributed by atoms with Crippen molar-refractivity contribution < 1.29 is 32.2 Å². The van der Waals surface area contributed by atoms with Gasteiger partial charge in [-0.25, -0.2) is 0 Å². The van der Waals surface area contributed by atoms with Crippen molar-refractivity contribution in [2.45, 2.75) is 59.7 Å². The van der Waals surface area contributed by atoms with Crippen molar-refractivity contribution in [3.05, 3.63) is 0 Å². The maximum atomic E-state index is 9.40. The Morgan fingerprint density at radius 2 is 1.06 bits per heavy atom. The first-order valence-corrected chi connectivity index (χ1v) is 12.1. The van der Waals surface area contributed by atoms with E-state index in [9.17, 15) is 11.1 Å². The van der Waals surface area contributed by atoms with E-state index in [4.69, 9.17) is 3.01 Å². The van der Waals surface area contributed by atoms with Gasteiger partial charge in [0.2, 0.25) is 0 Å². The predicted octanol–water partition coefficient (Wildman–Crippen LogP) is 2.71. The molecule has 0 fully saturated rings. The second-order valence-electron chi connectivity index (χ2n) is 6.65. The molecule has 0 aliphatic heterocycles. The van der Waals surface area contributed by atoms with E-state index in [1.165, 1.54) is 0 Å². The van der Waals surface area contributed by atoms with Gasteiger partial charge in [0.05, 0.1) is 0 Å². The molecular formula is C12H30O4SiTi. The van der Waals surface area contributed by atoms with Gasteiger partial charge >= 0.3 is 118 Å². The molecule has 0 rings (SSSR count). The van der Waals surface area contributed by atoms with Crippen LogP contribution in [0.4, 0.5) is 0 Å². The Labute approximate surface area is 118 Å². The molecule has 0 saturated heterocycles. The van der Waals surface area contributed by atoms with E-state index in [0.717, 1.165) is 18.1 Å². The molecule has 0 spiro atoms. The van der Waals surface area contributed by atoms with Crippen LogP contribution in [0.25, 0.3) is 0 Å². The van der Waals surface area contributed by atoms with Gasteiger partial charge in [0.25, 0.3) is 0 Å². The zero-order valence-electron chi connectivity index (χ0n) is 12.6. The SMILES string of the molecule is CC(C)C[Si](CC(C)C)(CC(C)C)[O][Ti]([OH])([OH])[OH]. The van der Waals surface area contributed by atoms with Crippen LogP contribution in [0.5, 0.6) is 0 Å². The van der Waals surface area contributed by atoms with Gasteiger partial charge in [-0.05, 0) is 0 Å². The fourth-order valence-corrected chi connectivity index (χ4v) is 12.6. The van der Waals surface area contributed by atoms with Crippen LogP contribution in [-0.4, -0.2) is 19.4 Å². The van der Waals surface area contributed by atoms with Crippen LogP contribution in [0.3, 0.4) is 0 Å². The first-order chi connectivity index (χ1) is 7.96. The van der Waals surface area contributed by atoms with Crippen molar-refractivity contribution in [2.75, 3.05) is 0 Å². The summed E-state index contributed by atoms with van der Waals surface area (Å²) in [6, 6.07) is 2.62. The fraction of sp³-hybridized carbons (Fsp3) is 1.00. The first-order valence-electron chi connectivity index (χ1n) is 6.83. The van der Waals surface area contributed by atoms with Crippen molar-refractivity contribution in [2.24, 2.45) is 17.8 Å². The van der Waals surface area contributed by atoms with Gasteiger partial charge in [0, 0.05) is 0 Å². The van der Waals surface area contributed by atoms with Crippen LogP contribution < -0.4 is 0 Å². The first kappa shape index (κ1) is 18.8. The van der Waals surface area contributed by atoms with Crippen LogP contribution in [0.15, 0.2) is 0 Å². The standard InChI is InChI=1S/C12H27OSi.3H2O.Ti/c1-10(2)7-14(13,8-11(3)4)9-12(5)6;;;;/h10-12H,7-9H2,1-6H3;3*1H2;/q-1;;;;+4/p-3. The molecule has 0 bridgehead atoms. The summed E-state index contributed by atoms with van der Waals surface area (Å²) in [4.78, 5) is 0. The number of rotatable bonds is 8. The third-order valence-corrected chi connectivity index (χ3v) is 11.4. The molecule has 110 valence electrons. The molecule has 0 aromatic carbocycles. The molecule has 0 atom stereocenters. The summed E-state index contributed by atoms with van der Waals surface area (Å²) >= 11 is -4.93.